The summed E-state index contributed by atoms with van der Waals surface area (Å²) in [5, 5.41) is 1.11. The van der Waals surface area contributed by atoms with Crippen LogP contribution < -0.4 is 4.74 Å². The maximum atomic E-state index is 5.68. The van der Waals surface area contributed by atoms with E-state index in [-0.39, 0.29) is 0 Å². The quantitative estimate of drug-likeness (QED) is 0.746. The lowest BCUT2D eigenvalue weighted by molar-refractivity contribution is 0.259. The van der Waals surface area contributed by atoms with E-state index < -0.39 is 0 Å². The first-order chi connectivity index (χ1) is 7.81. The second kappa shape index (κ2) is 5.72. The molecule has 0 N–H and O–H groups in total. The van der Waals surface area contributed by atoms with Gasteiger partial charge >= 0.3 is 0 Å². The van der Waals surface area contributed by atoms with Crippen molar-refractivity contribution >= 4 is 15.9 Å². The van der Waals surface area contributed by atoms with Gasteiger partial charge < -0.3 is 4.74 Å². The number of halogens is 1. The van der Waals surface area contributed by atoms with E-state index in [2.05, 4.69) is 47.1 Å². The maximum Gasteiger partial charge on any atom is 0.122 e. The van der Waals surface area contributed by atoms with E-state index >= 15 is 0 Å². The lowest BCUT2D eigenvalue weighted by atomic mass is 9.87. The van der Waals surface area contributed by atoms with Crippen LogP contribution in [0.3, 0.4) is 0 Å². The van der Waals surface area contributed by atoms with Gasteiger partial charge in [-0.15, -0.1) is 0 Å². The van der Waals surface area contributed by atoms with Crippen molar-refractivity contribution in [3.63, 3.8) is 0 Å². The van der Waals surface area contributed by atoms with Gasteiger partial charge in [-0.3, -0.25) is 0 Å². The molecule has 2 unspecified atom stereocenters. The summed E-state index contributed by atoms with van der Waals surface area (Å²) in [7, 11) is 0. The number of hydrogen-bond donors (Lipinski definition) is 0. The Labute approximate surface area is 106 Å². The number of hydrogen-bond acceptors (Lipinski definition) is 1. The minimum Gasteiger partial charge on any atom is -0.493 e. The third-order valence-corrected chi connectivity index (χ3v) is 4.46. The summed E-state index contributed by atoms with van der Waals surface area (Å²) >= 11 is 3.55. The number of alkyl halides is 1. The second-order valence-electron chi connectivity index (χ2n) is 4.71. The maximum absolute atomic E-state index is 5.68. The Kier molecular flexibility index (Phi) is 4.28. The lowest BCUT2D eigenvalue weighted by Crippen LogP contribution is -2.15. The molecular weight excluding hydrogens is 264 g/mol. The third-order valence-electron chi connectivity index (χ3n) is 3.35. The molecule has 1 aliphatic rings. The second-order valence-corrected chi connectivity index (χ2v) is 5.36. The van der Waals surface area contributed by atoms with Crippen LogP contribution in [-0.4, -0.2) is 11.9 Å². The zero-order valence-electron chi connectivity index (χ0n) is 9.79. The summed E-state index contributed by atoms with van der Waals surface area (Å²) < 4.78 is 5.68. The van der Waals surface area contributed by atoms with E-state index in [1.807, 2.05) is 0 Å². The van der Waals surface area contributed by atoms with Crippen LogP contribution in [0.4, 0.5) is 0 Å². The van der Waals surface area contributed by atoms with E-state index in [0.29, 0.717) is 5.92 Å². The van der Waals surface area contributed by atoms with Gasteiger partial charge in [0, 0.05) is 5.33 Å². The molecule has 16 heavy (non-hydrogen) atoms. The average molecular weight is 283 g/mol. The molecule has 88 valence electrons. The normalized spacial score (nSPS) is 21.0. The van der Waals surface area contributed by atoms with Crippen LogP contribution in [-0.2, 0) is 0 Å². The minimum absolute atomic E-state index is 0.700. The summed E-state index contributed by atoms with van der Waals surface area (Å²) in [5.41, 5.74) is 1.41. The lowest BCUT2D eigenvalue weighted by Gasteiger charge is -2.26. The molecule has 0 amide bonds. The number of fused-ring (bicyclic) bond motifs is 1. The van der Waals surface area contributed by atoms with Crippen LogP contribution in [0.25, 0.3) is 0 Å². The first kappa shape index (κ1) is 12.0. The highest BCUT2D eigenvalue weighted by atomic mass is 79.9. The molecule has 0 bridgehead atoms. The fraction of sp³-hybridized carbons (Fsp3) is 0.571. The molecule has 1 aliphatic heterocycles. The van der Waals surface area contributed by atoms with Crippen molar-refractivity contribution in [3.05, 3.63) is 29.8 Å². The summed E-state index contributed by atoms with van der Waals surface area (Å²) in [5.74, 6) is 2.58. The topological polar surface area (TPSA) is 9.23 Å². The Hall–Kier alpha value is -0.500. The number of rotatable bonds is 4. The van der Waals surface area contributed by atoms with Crippen LogP contribution in [0.2, 0.25) is 0 Å². The largest absolute Gasteiger partial charge is 0.493 e. The Morgan fingerprint density at radius 1 is 1.44 bits per heavy atom. The number of benzene rings is 1. The number of ether oxygens (including phenoxy) is 1. The van der Waals surface area contributed by atoms with E-state index in [9.17, 15) is 0 Å². The monoisotopic (exact) mass is 282 g/mol. The smallest absolute Gasteiger partial charge is 0.122 e. The fourth-order valence-corrected chi connectivity index (χ4v) is 2.60. The molecule has 2 atom stereocenters. The molecule has 0 saturated carbocycles. The molecule has 0 radical (unpaired) electrons. The molecule has 0 fully saturated rings. The molecule has 0 aliphatic carbocycles. The van der Waals surface area contributed by atoms with Crippen molar-refractivity contribution in [2.75, 3.05) is 11.9 Å². The zero-order chi connectivity index (χ0) is 11.4. The van der Waals surface area contributed by atoms with E-state index in [1.54, 1.807) is 0 Å². The van der Waals surface area contributed by atoms with Crippen molar-refractivity contribution in [1.82, 2.24) is 0 Å². The SMILES string of the molecule is CC(CBr)CCC1CCOc2ccccc21. The van der Waals surface area contributed by atoms with Crippen molar-refractivity contribution in [2.24, 2.45) is 5.92 Å². The molecule has 1 nitrogen and oxygen atoms in total. The molecule has 1 aromatic carbocycles. The molecule has 0 aromatic heterocycles. The van der Waals surface area contributed by atoms with Crippen molar-refractivity contribution in [1.29, 1.82) is 0 Å². The molecule has 0 spiro atoms. The van der Waals surface area contributed by atoms with E-state index in [0.717, 1.165) is 23.6 Å². The summed E-state index contributed by atoms with van der Waals surface area (Å²) in [4.78, 5) is 0. The predicted molar refractivity (Wildman–Crippen MR) is 71.5 cm³/mol. The summed E-state index contributed by atoms with van der Waals surface area (Å²) in [6, 6.07) is 8.49. The van der Waals surface area contributed by atoms with Crippen LogP contribution in [0.1, 0.15) is 37.7 Å². The first-order valence-electron chi connectivity index (χ1n) is 6.09. The van der Waals surface area contributed by atoms with Crippen LogP contribution >= 0.6 is 15.9 Å². The Morgan fingerprint density at radius 2 is 2.25 bits per heavy atom. The first-order valence-corrected chi connectivity index (χ1v) is 7.21. The van der Waals surface area contributed by atoms with Crippen LogP contribution in [0.15, 0.2) is 24.3 Å². The number of para-hydroxylation sites is 1. The van der Waals surface area contributed by atoms with Crippen LogP contribution in [0.5, 0.6) is 5.75 Å². The van der Waals surface area contributed by atoms with Gasteiger partial charge in [0.2, 0.25) is 0 Å². The Morgan fingerprint density at radius 3 is 3.06 bits per heavy atom. The predicted octanol–water partition coefficient (Wildman–Crippen LogP) is 4.36. The van der Waals surface area contributed by atoms with Gasteiger partial charge in [0.1, 0.15) is 5.75 Å². The molecule has 1 heterocycles. The van der Waals surface area contributed by atoms with Gasteiger partial charge in [-0.1, -0.05) is 41.1 Å². The summed E-state index contributed by atoms with van der Waals surface area (Å²) in [6.45, 7) is 3.18. The summed E-state index contributed by atoms with van der Waals surface area (Å²) in [6.07, 6.45) is 3.75. The zero-order valence-corrected chi connectivity index (χ0v) is 11.4. The Bertz CT molecular complexity index is 337. The van der Waals surface area contributed by atoms with Crippen LogP contribution in [0, 0.1) is 5.92 Å². The highest BCUT2D eigenvalue weighted by Gasteiger charge is 2.20. The van der Waals surface area contributed by atoms with Gasteiger partial charge in [0.15, 0.2) is 0 Å². The molecule has 0 saturated heterocycles. The van der Waals surface area contributed by atoms with E-state index in [4.69, 9.17) is 4.74 Å². The van der Waals surface area contributed by atoms with Crippen molar-refractivity contribution in [2.45, 2.75) is 32.1 Å². The minimum atomic E-state index is 0.700. The third kappa shape index (κ3) is 2.79. The van der Waals surface area contributed by atoms with Crippen molar-refractivity contribution in [3.8, 4) is 5.75 Å². The van der Waals surface area contributed by atoms with Gasteiger partial charge in [-0.25, -0.2) is 0 Å². The highest BCUT2D eigenvalue weighted by Crippen LogP contribution is 2.36. The van der Waals surface area contributed by atoms with Gasteiger partial charge in [-0.2, -0.15) is 0 Å². The molecule has 2 rings (SSSR count). The van der Waals surface area contributed by atoms with Crippen molar-refractivity contribution < 1.29 is 4.74 Å². The fourth-order valence-electron chi connectivity index (χ4n) is 2.28. The molecule has 1 aromatic rings. The molecular formula is C14H19BrO. The average Bonchev–Trinajstić information content (AvgIpc) is 2.35. The van der Waals surface area contributed by atoms with Gasteiger partial charge in [0.25, 0.3) is 0 Å². The highest BCUT2D eigenvalue weighted by molar-refractivity contribution is 9.09. The van der Waals surface area contributed by atoms with Gasteiger partial charge in [-0.05, 0) is 42.7 Å². The van der Waals surface area contributed by atoms with E-state index in [1.165, 1.54) is 24.8 Å². The molecule has 2 heteroatoms. The van der Waals surface area contributed by atoms with Gasteiger partial charge in [0.05, 0.1) is 6.61 Å². The Balaban J connectivity index is 2.01. The standard InChI is InChI=1S/C14H19BrO/c1-11(10-15)6-7-12-8-9-16-14-5-3-2-4-13(12)14/h2-5,11-12H,6-10H2,1H3.